The molecular formula is C23H35N6Na2O14S-. The quantitative estimate of drug-likeness (QED) is 0.0409. The summed E-state index contributed by atoms with van der Waals surface area (Å²) in [6.07, 6.45) is 3.27. The van der Waals surface area contributed by atoms with E-state index in [1.54, 1.807) is 37.6 Å². The maximum Gasteiger partial charge on any atom is 1.00 e. The largest absolute Gasteiger partial charge is 1.00 e. The van der Waals surface area contributed by atoms with Gasteiger partial charge in [-0.3, -0.25) is 14.4 Å². The van der Waals surface area contributed by atoms with Crippen LogP contribution in [0.5, 0.6) is 0 Å². The Bertz CT molecular complexity index is 1220. The molecule has 0 aliphatic carbocycles. The van der Waals surface area contributed by atoms with E-state index in [-0.39, 0.29) is 103 Å². The van der Waals surface area contributed by atoms with Crippen LogP contribution in [0.15, 0.2) is 0 Å². The Morgan fingerprint density at radius 2 is 1.41 bits per heavy atom. The van der Waals surface area contributed by atoms with Crippen molar-refractivity contribution >= 4 is 46.5 Å². The zero-order valence-electron chi connectivity index (χ0n) is 26.4. The summed E-state index contributed by atoms with van der Waals surface area (Å²) in [7, 11) is -3.33. The summed E-state index contributed by atoms with van der Waals surface area (Å²) in [5.74, 6) is -1.64. The molecule has 0 radical (unpaired) electrons. The minimum absolute atomic E-state index is 0. The number of hydroxylamine groups is 4. The predicted molar refractivity (Wildman–Crippen MR) is 140 cm³/mol. The standard InChI is InChI=1S/C14H23N3O5.C9H12N3O8S.2Na.H2O/c1-14(2,3)22-11(18)8-21-15-12(19)10-6-5-9-7-17(10)13(20)16(9)4;13-3-4-19-10-8(14)7-2-1-6-5-11(7)9(15)12(6)20-21(16,17)18;;;/h9-10H,5-8H2,1-4H3,(H,15,19);6-7H,1-2,4-5H2,(H,10,14)(H,16,17,18);;;1H2/q;-1;2*+1;/p-2/t9-,10+;6-,7+;;;/m11.../s1. The SMILES string of the molecule is CN1C(=O)N2C[C@H]1CC[C@H]2C(=O)NOCC(=O)OC(C)(C)C.O=[C-]CONC(=O)[C@@H]1CC[C@@H]2CN1C(=O)N2OS(=O)(=O)[O-].[Na+].[Na+].[OH-]. The van der Waals surface area contributed by atoms with E-state index >= 15 is 0 Å². The Labute approximate surface area is 309 Å². The third-order valence-electron chi connectivity index (χ3n) is 6.84. The maximum atomic E-state index is 12.1. The van der Waals surface area contributed by atoms with Crippen LogP contribution in [0.3, 0.4) is 0 Å². The van der Waals surface area contributed by atoms with Gasteiger partial charge in [0, 0.05) is 20.1 Å². The van der Waals surface area contributed by atoms with Crippen molar-refractivity contribution in [3.63, 3.8) is 0 Å². The van der Waals surface area contributed by atoms with Crippen LogP contribution in [0, 0.1) is 0 Å². The Hall–Kier alpha value is -1.63. The summed E-state index contributed by atoms with van der Waals surface area (Å²) in [5, 5.41) is 0.468. The predicted octanol–water partition coefficient (Wildman–Crippen LogP) is -8.09. The molecular weight excluding hydrogens is 662 g/mol. The number of rotatable bonds is 10. The number of carbonyl (C=O) groups excluding carboxylic acids is 6. The summed E-state index contributed by atoms with van der Waals surface area (Å²) < 4.78 is 40.9. The number of hydrogen-bond donors (Lipinski definition) is 2. The number of piperidine rings is 2. The third-order valence-corrected chi connectivity index (χ3v) is 7.18. The number of urea groups is 2. The molecule has 0 aromatic heterocycles. The number of esters is 1. The zero-order valence-corrected chi connectivity index (χ0v) is 31.2. The van der Waals surface area contributed by atoms with Gasteiger partial charge >= 0.3 is 77.1 Å². The van der Waals surface area contributed by atoms with Gasteiger partial charge in [0.05, 0.1) is 12.1 Å². The van der Waals surface area contributed by atoms with Crippen molar-refractivity contribution in [2.45, 2.75) is 76.2 Å². The van der Waals surface area contributed by atoms with Crippen molar-refractivity contribution in [1.82, 2.24) is 30.7 Å². The minimum Gasteiger partial charge on any atom is -0.870 e. The van der Waals surface area contributed by atoms with Crippen molar-refractivity contribution < 1.29 is 125 Å². The number of hydrogen-bond acceptors (Lipinski definition) is 14. The number of likely N-dealkylation sites (N-methyl/N-ethyl adjacent to an activating group) is 1. The van der Waals surface area contributed by atoms with E-state index in [1.807, 2.05) is 5.48 Å². The molecule has 6 amide bonds. The van der Waals surface area contributed by atoms with Gasteiger partial charge in [0.1, 0.15) is 17.7 Å². The first-order valence-electron chi connectivity index (χ1n) is 13.2. The molecule has 0 aromatic rings. The van der Waals surface area contributed by atoms with Gasteiger partial charge in [-0.25, -0.2) is 40.0 Å². The van der Waals surface area contributed by atoms with Gasteiger partial charge in [0.2, 0.25) is 10.4 Å². The van der Waals surface area contributed by atoms with Gasteiger partial charge in [-0.2, -0.15) is 9.35 Å². The molecule has 4 saturated heterocycles. The molecule has 0 aromatic carbocycles. The Morgan fingerprint density at radius 3 is 1.93 bits per heavy atom. The summed E-state index contributed by atoms with van der Waals surface area (Å²) >= 11 is 0. The van der Waals surface area contributed by atoms with Crippen molar-refractivity contribution in [3.8, 4) is 0 Å². The molecule has 250 valence electrons. The van der Waals surface area contributed by atoms with Gasteiger partial charge in [-0.1, -0.05) is 0 Å². The van der Waals surface area contributed by atoms with Gasteiger partial charge < -0.3 is 39.1 Å². The molecule has 23 heteroatoms. The maximum absolute atomic E-state index is 12.1. The van der Waals surface area contributed by atoms with Gasteiger partial charge in [-0.05, 0) is 53.1 Å². The van der Waals surface area contributed by atoms with E-state index in [2.05, 4.69) is 14.6 Å². The van der Waals surface area contributed by atoms with E-state index in [4.69, 9.17) is 9.57 Å². The topological polar surface area (TPSA) is 264 Å². The smallest absolute Gasteiger partial charge is 0.870 e. The fourth-order valence-electron chi connectivity index (χ4n) is 5.02. The summed E-state index contributed by atoms with van der Waals surface area (Å²) in [4.78, 5) is 82.9. The number of amides is 6. The van der Waals surface area contributed by atoms with Crippen LogP contribution >= 0.6 is 0 Å². The molecule has 4 atom stereocenters. The first kappa shape index (κ1) is 44.4. The average molecular weight is 698 g/mol. The molecule has 4 rings (SSSR count). The summed E-state index contributed by atoms with van der Waals surface area (Å²) in [6.45, 7) is 5.02. The molecule has 0 unspecified atom stereocenters. The van der Waals surface area contributed by atoms with E-state index < -0.39 is 64.5 Å². The van der Waals surface area contributed by atoms with Crippen LogP contribution in [-0.4, -0.2) is 137 Å². The first-order valence-corrected chi connectivity index (χ1v) is 14.5. The van der Waals surface area contributed by atoms with Crippen LogP contribution in [0.25, 0.3) is 0 Å². The molecule has 4 bridgehead atoms. The van der Waals surface area contributed by atoms with Crippen LogP contribution in [0.4, 0.5) is 9.59 Å². The van der Waals surface area contributed by atoms with Gasteiger partial charge in [0.25, 0.3) is 11.8 Å². The van der Waals surface area contributed by atoms with E-state index in [0.29, 0.717) is 18.0 Å². The second-order valence-electron chi connectivity index (χ2n) is 11.0. The molecule has 4 aliphatic heterocycles. The van der Waals surface area contributed by atoms with Crippen LogP contribution in [0.2, 0.25) is 0 Å². The molecule has 4 heterocycles. The van der Waals surface area contributed by atoms with Crippen LogP contribution in [-0.2, 0) is 48.3 Å². The molecule has 20 nitrogen and oxygen atoms in total. The fourth-order valence-corrected chi connectivity index (χ4v) is 5.40. The molecule has 0 spiro atoms. The fraction of sp³-hybridized carbons (Fsp3) is 0.739. The molecule has 46 heavy (non-hydrogen) atoms. The number of fused-ring (bicyclic) bond motifs is 4. The number of nitrogens with zero attached hydrogens (tertiary/aromatic N) is 4. The zero-order chi connectivity index (χ0) is 32.1. The van der Waals surface area contributed by atoms with E-state index in [9.17, 15) is 41.7 Å². The third kappa shape index (κ3) is 12.1. The average Bonchev–Trinajstić information content (AvgIpc) is 3.27. The molecule has 0 saturated carbocycles. The second-order valence-corrected chi connectivity index (χ2v) is 12.0. The number of ether oxygens (including phenoxy) is 1. The number of carbonyl (C=O) groups is 5. The molecule has 4 fully saturated rings. The second kappa shape index (κ2) is 18.8. The summed E-state index contributed by atoms with van der Waals surface area (Å²) in [6, 6.07) is -2.92. The van der Waals surface area contributed by atoms with Gasteiger partial charge in [0.15, 0.2) is 6.61 Å². The van der Waals surface area contributed by atoms with Crippen LogP contribution < -0.4 is 70.1 Å². The van der Waals surface area contributed by atoms with Crippen molar-refractivity contribution in [3.05, 3.63) is 0 Å². The minimum atomic E-state index is -5.07. The van der Waals surface area contributed by atoms with Gasteiger partial charge in [-0.15, -0.1) is 0 Å². The normalized spacial score (nSPS) is 23.2. The molecule has 4 aliphatic rings. The monoisotopic (exact) mass is 697 g/mol. The van der Waals surface area contributed by atoms with Crippen molar-refractivity contribution in [1.29, 1.82) is 0 Å². The Kier molecular flexibility index (Phi) is 18.1. The number of nitrogens with one attached hydrogen (secondary N) is 2. The van der Waals surface area contributed by atoms with Crippen molar-refractivity contribution in [2.75, 3.05) is 33.4 Å². The van der Waals surface area contributed by atoms with Crippen LogP contribution in [0.1, 0.15) is 46.5 Å². The Balaban J connectivity index is 0.000000827. The summed E-state index contributed by atoms with van der Waals surface area (Å²) in [5.41, 5.74) is 3.62. The van der Waals surface area contributed by atoms with E-state index in [0.717, 1.165) is 11.3 Å². The van der Waals surface area contributed by atoms with E-state index in [1.165, 1.54) is 6.29 Å². The van der Waals surface area contributed by atoms with Crippen molar-refractivity contribution in [2.24, 2.45) is 0 Å². The molecule has 3 N–H and O–H groups in total. The Morgan fingerprint density at radius 1 is 0.913 bits per heavy atom. The first-order chi connectivity index (χ1) is 20.0.